The van der Waals surface area contributed by atoms with E-state index in [2.05, 4.69) is 5.32 Å². The second-order valence-electron chi connectivity index (χ2n) is 3.68. The van der Waals surface area contributed by atoms with Gasteiger partial charge < -0.3 is 21.9 Å². The summed E-state index contributed by atoms with van der Waals surface area (Å²) in [4.78, 5) is 10.6. The smallest absolute Gasteiger partial charge is 0.235 e. The fourth-order valence-corrected chi connectivity index (χ4v) is 1.42. The molecule has 1 saturated carbocycles. The minimum Gasteiger partial charge on any atom is -0.394 e. The lowest BCUT2D eigenvalue weighted by Gasteiger charge is -2.41. The Labute approximate surface area is 77.5 Å². The molecule has 0 aliphatic heterocycles. The molecule has 0 spiro atoms. The van der Waals surface area contributed by atoms with E-state index in [4.69, 9.17) is 16.6 Å². The van der Waals surface area contributed by atoms with Crippen LogP contribution >= 0.6 is 0 Å². The van der Waals surface area contributed by atoms with E-state index in [1.165, 1.54) is 0 Å². The topological polar surface area (TPSA) is 101 Å². The lowest BCUT2D eigenvalue weighted by atomic mass is 9.77. The predicted molar refractivity (Wildman–Crippen MR) is 48.8 cm³/mol. The van der Waals surface area contributed by atoms with Crippen molar-refractivity contribution in [2.45, 2.75) is 30.8 Å². The van der Waals surface area contributed by atoms with Crippen LogP contribution in [0.15, 0.2) is 0 Å². The van der Waals surface area contributed by atoms with Crippen molar-refractivity contribution in [2.75, 3.05) is 13.2 Å². The van der Waals surface area contributed by atoms with Crippen molar-refractivity contribution >= 4 is 5.91 Å². The van der Waals surface area contributed by atoms with Gasteiger partial charge in [-0.1, -0.05) is 0 Å². The van der Waals surface area contributed by atoms with Gasteiger partial charge in [0.15, 0.2) is 0 Å². The zero-order chi connectivity index (χ0) is 9.90. The highest BCUT2D eigenvalue weighted by molar-refractivity contribution is 5.79. The SMILES string of the molecule is NC(=O)C(N)CNC1(CO)CCC1. The molecule has 1 aliphatic carbocycles. The van der Waals surface area contributed by atoms with Gasteiger partial charge in [-0.3, -0.25) is 4.79 Å². The minimum absolute atomic E-state index is 0.0957. The standard InChI is InChI=1S/C8H17N3O2/c9-6(7(10)13)4-11-8(5-12)2-1-3-8/h6,11-12H,1-5,9H2,(H2,10,13). The van der Waals surface area contributed by atoms with E-state index in [0.717, 1.165) is 19.3 Å². The molecule has 1 rings (SSSR count). The zero-order valence-corrected chi connectivity index (χ0v) is 7.62. The largest absolute Gasteiger partial charge is 0.394 e. The number of aliphatic hydroxyl groups is 1. The van der Waals surface area contributed by atoms with Crippen LogP contribution in [0.2, 0.25) is 0 Å². The maximum absolute atomic E-state index is 10.6. The molecule has 1 atom stereocenters. The second kappa shape index (κ2) is 4.04. The number of carbonyl (C=O) groups excluding carboxylic acids is 1. The highest BCUT2D eigenvalue weighted by Gasteiger charge is 2.36. The molecule has 0 bridgehead atoms. The second-order valence-corrected chi connectivity index (χ2v) is 3.68. The zero-order valence-electron chi connectivity index (χ0n) is 7.62. The van der Waals surface area contributed by atoms with Crippen LogP contribution in [0.5, 0.6) is 0 Å². The van der Waals surface area contributed by atoms with Crippen molar-refractivity contribution in [1.29, 1.82) is 0 Å². The molecule has 5 nitrogen and oxygen atoms in total. The van der Waals surface area contributed by atoms with Crippen LogP contribution < -0.4 is 16.8 Å². The Hall–Kier alpha value is -0.650. The first kappa shape index (κ1) is 10.4. The Kier molecular flexibility index (Phi) is 3.24. The van der Waals surface area contributed by atoms with Gasteiger partial charge in [-0.25, -0.2) is 0 Å². The molecule has 13 heavy (non-hydrogen) atoms. The summed E-state index contributed by atoms with van der Waals surface area (Å²) in [6, 6.07) is -0.663. The third kappa shape index (κ3) is 2.40. The summed E-state index contributed by atoms with van der Waals surface area (Å²) in [5.74, 6) is -0.514. The van der Waals surface area contributed by atoms with E-state index in [9.17, 15) is 4.79 Å². The molecule has 0 saturated heterocycles. The van der Waals surface area contributed by atoms with Crippen molar-refractivity contribution in [3.05, 3.63) is 0 Å². The highest BCUT2D eigenvalue weighted by Crippen LogP contribution is 2.30. The molecule has 0 aromatic heterocycles. The summed E-state index contributed by atoms with van der Waals surface area (Å²) in [7, 11) is 0. The lowest BCUT2D eigenvalue weighted by molar-refractivity contribution is -0.119. The van der Waals surface area contributed by atoms with Crippen LogP contribution in [0.25, 0.3) is 0 Å². The molecule has 76 valence electrons. The Bertz CT molecular complexity index is 186. The van der Waals surface area contributed by atoms with Crippen LogP contribution in [0.3, 0.4) is 0 Å². The normalized spacial score (nSPS) is 22.0. The van der Waals surface area contributed by atoms with Crippen molar-refractivity contribution < 1.29 is 9.90 Å². The van der Waals surface area contributed by atoms with Gasteiger partial charge in [0.2, 0.25) is 5.91 Å². The van der Waals surface area contributed by atoms with E-state index in [0.29, 0.717) is 6.54 Å². The number of carbonyl (C=O) groups is 1. The quantitative estimate of drug-likeness (QED) is 0.412. The molecule has 5 heteroatoms. The van der Waals surface area contributed by atoms with Crippen molar-refractivity contribution in [3.8, 4) is 0 Å². The summed E-state index contributed by atoms with van der Waals surface area (Å²) in [6.07, 6.45) is 2.99. The molecule has 1 aliphatic rings. The molecule has 0 aromatic rings. The molecular formula is C8H17N3O2. The highest BCUT2D eigenvalue weighted by atomic mass is 16.3. The number of nitrogens with one attached hydrogen (secondary N) is 1. The fraction of sp³-hybridized carbons (Fsp3) is 0.875. The Morgan fingerprint density at radius 3 is 2.54 bits per heavy atom. The molecule has 1 amide bonds. The van der Waals surface area contributed by atoms with E-state index >= 15 is 0 Å². The maximum atomic E-state index is 10.6. The molecule has 6 N–H and O–H groups in total. The van der Waals surface area contributed by atoms with Gasteiger partial charge in [-0.05, 0) is 19.3 Å². The van der Waals surface area contributed by atoms with Crippen LogP contribution in [0.1, 0.15) is 19.3 Å². The average Bonchev–Trinajstić information content (AvgIpc) is 2.02. The summed E-state index contributed by atoms with van der Waals surface area (Å²) in [6.45, 7) is 0.439. The van der Waals surface area contributed by atoms with Gasteiger partial charge in [0, 0.05) is 12.1 Å². The Morgan fingerprint density at radius 1 is 1.62 bits per heavy atom. The van der Waals surface area contributed by atoms with Crippen molar-refractivity contribution in [1.82, 2.24) is 5.32 Å². The molecule has 0 heterocycles. The Balaban J connectivity index is 2.28. The lowest BCUT2D eigenvalue weighted by Crippen LogP contribution is -2.58. The summed E-state index contributed by atoms with van der Waals surface area (Å²) >= 11 is 0. The van der Waals surface area contributed by atoms with Crippen LogP contribution in [-0.4, -0.2) is 35.7 Å². The predicted octanol–water partition coefficient (Wildman–Crippen LogP) is -1.70. The third-order valence-electron chi connectivity index (χ3n) is 2.68. The number of rotatable bonds is 5. The van der Waals surface area contributed by atoms with Crippen LogP contribution in [0.4, 0.5) is 0 Å². The minimum atomic E-state index is -0.663. The summed E-state index contributed by atoms with van der Waals surface area (Å²) in [5, 5.41) is 12.2. The van der Waals surface area contributed by atoms with E-state index in [-0.39, 0.29) is 12.1 Å². The first-order valence-electron chi connectivity index (χ1n) is 4.50. The van der Waals surface area contributed by atoms with Gasteiger partial charge in [-0.2, -0.15) is 0 Å². The van der Waals surface area contributed by atoms with Gasteiger partial charge in [0.1, 0.15) is 0 Å². The number of hydrogen-bond donors (Lipinski definition) is 4. The Morgan fingerprint density at radius 2 is 2.23 bits per heavy atom. The molecule has 1 fully saturated rings. The number of amides is 1. The number of hydrogen-bond acceptors (Lipinski definition) is 4. The van der Waals surface area contributed by atoms with Gasteiger partial charge in [0.05, 0.1) is 12.6 Å². The van der Waals surface area contributed by atoms with Crippen LogP contribution in [-0.2, 0) is 4.79 Å². The molecule has 0 radical (unpaired) electrons. The van der Waals surface area contributed by atoms with Crippen molar-refractivity contribution in [3.63, 3.8) is 0 Å². The monoisotopic (exact) mass is 187 g/mol. The van der Waals surface area contributed by atoms with Crippen molar-refractivity contribution in [2.24, 2.45) is 11.5 Å². The summed E-state index contributed by atoms with van der Waals surface area (Å²) < 4.78 is 0. The fourth-order valence-electron chi connectivity index (χ4n) is 1.42. The van der Waals surface area contributed by atoms with E-state index in [1.807, 2.05) is 0 Å². The molecular weight excluding hydrogens is 170 g/mol. The third-order valence-corrected chi connectivity index (χ3v) is 2.68. The first-order valence-corrected chi connectivity index (χ1v) is 4.50. The molecule has 1 unspecified atom stereocenters. The van der Waals surface area contributed by atoms with Gasteiger partial charge >= 0.3 is 0 Å². The van der Waals surface area contributed by atoms with Crippen LogP contribution in [0, 0.1) is 0 Å². The number of primary amides is 1. The number of aliphatic hydroxyl groups excluding tert-OH is 1. The first-order chi connectivity index (χ1) is 6.09. The maximum Gasteiger partial charge on any atom is 0.235 e. The van der Waals surface area contributed by atoms with Gasteiger partial charge in [-0.15, -0.1) is 0 Å². The summed E-state index contributed by atoms with van der Waals surface area (Å²) in [5.41, 5.74) is 10.2. The number of nitrogens with two attached hydrogens (primary N) is 2. The van der Waals surface area contributed by atoms with E-state index < -0.39 is 11.9 Å². The average molecular weight is 187 g/mol. The van der Waals surface area contributed by atoms with E-state index in [1.54, 1.807) is 0 Å². The van der Waals surface area contributed by atoms with Gasteiger partial charge in [0.25, 0.3) is 0 Å². The molecule has 0 aromatic carbocycles.